The maximum Gasteiger partial charge on any atom is 0.242 e. The Kier molecular flexibility index (Phi) is 7.21. The van der Waals surface area contributed by atoms with Gasteiger partial charge in [-0.1, -0.05) is 20.3 Å². The van der Waals surface area contributed by atoms with E-state index in [1.54, 1.807) is 30.9 Å². The van der Waals surface area contributed by atoms with Crippen molar-refractivity contribution in [3.05, 3.63) is 12.4 Å². The number of likely N-dealkylation sites (N-methyl/N-ethyl adjacent to an activating group) is 1. The van der Waals surface area contributed by atoms with Gasteiger partial charge in [0.2, 0.25) is 11.8 Å². The number of imidazole rings is 1. The highest BCUT2D eigenvalue weighted by Gasteiger charge is 2.33. The lowest BCUT2D eigenvalue weighted by Crippen LogP contribution is -2.58. The molecule has 0 saturated heterocycles. The van der Waals surface area contributed by atoms with E-state index in [9.17, 15) is 9.59 Å². The molecule has 0 spiro atoms. The number of aryl methyl sites for hydroxylation is 1. The number of nitrogens with one attached hydrogen (secondary N) is 2. The van der Waals surface area contributed by atoms with Crippen molar-refractivity contribution in [3.63, 3.8) is 0 Å². The quantitative estimate of drug-likeness (QED) is 0.513. The molecule has 3 atom stereocenters. The minimum absolute atomic E-state index is 0.0236. The zero-order chi connectivity index (χ0) is 18.3. The molecular formula is C16H30N6O2. The van der Waals surface area contributed by atoms with Gasteiger partial charge in [0.15, 0.2) is 5.95 Å². The first kappa shape index (κ1) is 20.0. The van der Waals surface area contributed by atoms with Crippen LogP contribution in [0.2, 0.25) is 0 Å². The Balaban J connectivity index is 2.62. The second-order valence-corrected chi connectivity index (χ2v) is 6.45. The summed E-state index contributed by atoms with van der Waals surface area (Å²) in [5.74, 6) is -0.0697. The van der Waals surface area contributed by atoms with Gasteiger partial charge in [-0.05, 0) is 25.7 Å². The summed E-state index contributed by atoms with van der Waals surface area (Å²) in [5, 5.41) is 5.38. The molecule has 0 aliphatic carbocycles. The molecule has 0 saturated carbocycles. The normalized spacial score (nSPS) is 16.0. The van der Waals surface area contributed by atoms with Crippen LogP contribution in [-0.2, 0) is 16.1 Å². The first-order valence-electron chi connectivity index (χ1n) is 8.31. The zero-order valence-electron chi connectivity index (χ0n) is 15.0. The van der Waals surface area contributed by atoms with Crippen LogP contribution in [0.3, 0.4) is 0 Å². The SMILES string of the molecule is CC[C@H](C)[C@H](NC(=O)[C@@](C)(N)CCCn1ccnc1N)C(=O)NC. The number of hydrogen-bond acceptors (Lipinski definition) is 5. The number of amides is 2. The van der Waals surface area contributed by atoms with E-state index in [0.29, 0.717) is 25.3 Å². The van der Waals surface area contributed by atoms with Crippen molar-refractivity contribution in [1.29, 1.82) is 0 Å². The Bertz CT molecular complexity index is 555. The highest BCUT2D eigenvalue weighted by molar-refractivity contribution is 5.91. The van der Waals surface area contributed by atoms with Gasteiger partial charge in [-0.25, -0.2) is 4.98 Å². The third kappa shape index (κ3) is 5.23. The summed E-state index contributed by atoms with van der Waals surface area (Å²) in [4.78, 5) is 28.5. The number of hydrogen-bond donors (Lipinski definition) is 4. The fourth-order valence-electron chi connectivity index (χ4n) is 2.42. The molecule has 0 fully saturated rings. The molecule has 0 aliphatic rings. The van der Waals surface area contributed by atoms with Crippen molar-refractivity contribution in [3.8, 4) is 0 Å². The van der Waals surface area contributed by atoms with E-state index in [-0.39, 0.29) is 17.7 Å². The van der Waals surface area contributed by atoms with Gasteiger partial charge in [-0.2, -0.15) is 0 Å². The molecule has 8 heteroatoms. The second-order valence-electron chi connectivity index (χ2n) is 6.45. The maximum absolute atomic E-state index is 12.5. The molecule has 0 radical (unpaired) electrons. The van der Waals surface area contributed by atoms with E-state index in [0.717, 1.165) is 6.42 Å². The van der Waals surface area contributed by atoms with Crippen LogP contribution in [0.4, 0.5) is 5.95 Å². The summed E-state index contributed by atoms with van der Waals surface area (Å²) < 4.78 is 1.81. The van der Waals surface area contributed by atoms with Crippen LogP contribution >= 0.6 is 0 Å². The van der Waals surface area contributed by atoms with Crippen molar-refractivity contribution >= 4 is 17.8 Å². The number of aromatic nitrogens is 2. The van der Waals surface area contributed by atoms with E-state index >= 15 is 0 Å². The Morgan fingerprint density at radius 3 is 2.62 bits per heavy atom. The first-order chi connectivity index (χ1) is 11.2. The molecular weight excluding hydrogens is 308 g/mol. The zero-order valence-corrected chi connectivity index (χ0v) is 15.0. The highest BCUT2D eigenvalue weighted by atomic mass is 16.2. The average molecular weight is 338 g/mol. The van der Waals surface area contributed by atoms with Gasteiger partial charge in [-0.3, -0.25) is 9.59 Å². The molecule has 6 N–H and O–H groups in total. The summed E-state index contributed by atoms with van der Waals surface area (Å²) in [6, 6.07) is -0.584. The summed E-state index contributed by atoms with van der Waals surface area (Å²) in [6.07, 6.45) is 5.34. The monoisotopic (exact) mass is 338 g/mol. The molecule has 0 aromatic carbocycles. The van der Waals surface area contributed by atoms with Gasteiger partial charge in [0.1, 0.15) is 6.04 Å². The minimum Gasteiger partial charge on any atom is -0.369 e. The molecule has 0 bridgehead atoms. The lowest BCUT2D eigenvalue weighted by atomic mass is 9.93. The van der Waals surface area contributed by atoms with Gasteiger partial charge in [0.25, 0.3) is 0 Å². The van der Waals surface area contributed by atoms with Crippen LogP contribution < -0.4 is 22.1 Å². The van der Waals surface area contributed by atoms with Crippen molar-refractivity contribution in [2.75, 3.05) is 12.8 Å². The molecule has 8 nitrogen and oxygen atoms in total. The molecule has 1 rings (SSSR count). The summed E-state index contributed by atoms with van der Waals surface area (Å²) in [7, 11) is 1.56. The van der Waals surface area contributed by atoms with Crippen LogP contribution in [-0.4, -0.2) is 40.0 Å². The molecule has 1 aromatic rings. The fraction of sp³-hybridized carbons (Fsp3) is 0.688. The average Bonchev–Trinajstić information content (AvgIpc) is 2.95. The summed E-state index contributed by atoms with van der Waals surface area (Å²) in [6.45, 7) is 6.22. The first-order valence-corrected chi connectivity index (χ1v) is 8.31. The van der Waals surface area contributed by atoms with Crippen molar-refractivity contribution in [2.45, 2.75) is 58.2 Å². The number of nitrogens with two attached hydrogens (primary N) is 2. The number of rotatable bonds is 9. The van der Waals surface area contributed by atoms with Gasteiger partial charge in [0.05, 0.1) is 5.54 Å². The molecule has 2 amide bonds. The summed E-state index contributed by atoms with van der Waals surface area (Å²) >= 11 is 0. The predicted octanol–water partition coefficient (Wildman–Crippen LogP) is 0.240. The van der Waals surface area contributed by atoms with E-state index in [4.69, 9.17) is 11.5 Å². The number of carbonyl (C=O) groups is 2. The summed E-state index contributed by atoms with van der Waals surface area (Å²) in [5.41, 5.74) is 10.8. The molecule has 0 aliphatic heterocycles. The van der Waals surface area contributed by atoms with E-state index in [1.165, 1.54) is 0 Å². The number of nitrogen functional groups attached to an aromatic ring is 1. The smallest absolute Gasteiger partial charge is 0.242 e. The largest absolute Gasteiger partial charge is 0.369 e. The van der Waals surface area contributed by atoms with Gasteiger partial charge in [-0.15, -0.1) is 0 Å². The van der Waals surface area contributed by atoms with Crippen molar-refractivity contribution in [2.24, 2.45) is 11.7 Å². The number of carbonyl (C=O) groups excluding carboxylic acids is 2. The minimum atomic E-state index is -1.06. The number of anilines is 1. The topological polar surface area (TPSA) is 128 Å². The van der Waals surface area contributed by atoms with E-state index < -0.39 is 11.6 Å². The highest BCUT2D eigenvalue weighted by Crippen LogP contribution is 2.14. The van der Waals surface area contributed by atoms with Crippen LogP contribution in [0.1, 0.15) is 40.0 Å². The van der Waals surface area contributed by atoms with E-state index in [2.05, 4.69) is 15.6 Å². The lowest BCUT2D eigenvalue weighted by molar-refractivity contribution is -0.132. The Hall–Kier alpha value is -2.09. The fourth-order valence-corrected chi connectivity index (χ4v) is 2.42. The van der Waals surface area contributed by atoms with E-state index in [1.807, 2.05) is 13.8 Å². The Labute approximate surface area is 143 Å². The van der Waals surface area contributed by atoms with Gasteiger partial charge >= 0.3 is 0 Å². The van der Waals surface area contributed by atoms with Crippen LogP contribution in [0.5, 0.6) is 0 Å². The standard InChI is InChI=1S/C16H30N6O2/c1-5-11(2)12(13(23)19-4)21-14(24)16(3,18)7-6-9-22-10-8-20-15(22)17/h8,10-12H,5-7,9,18H2,1-4H3,(H2,17,20)(H,19,23)(H,21,24)/t11-,12-,16-/m0/s1. The number of nitrogens with zero attached hydrogens (tertiary/aromatic N) is 2. The van der Waals surface area contributed by atoms with Gasteiger partial charge in [0, 0.05) is 26.0 Å². The predicted molar refractivity (Wildman–Crippen MR) is 93.9 cm³/mol. The maximum atomic E-state index is 12.5. The third-order valence-corrected chi connectivity index (χ3v) is 4.39. The van der Waals surface area contributed by atoms with Crippen molar-refractivity contribution < 1.29 is 9.59 Å². The van der Waals surface area contributed by atoms with Crippen LogP contribution in [0.15, 0.2) is 12.4 Å². The molecule has 1 aromatic heterocycles. The Morgan fingerprint density at radius 2 is 2.12 bits per heavy atom. The third-order valence-electron chi connectivity index (χ3n) is 4.39. The lowest BCUT2D eigenvalue weighted by Gasteiger charge is -2.29. The van der Waals surface area contributed by atoms with Crippen LogP contribution in [0, 0.1) is 5.92 Å². The molecule has 1 heterocycles. The molecule has 136 valence electrons. The van der Waals surface area contributed by atoms with Crippen molar-refractivity contribution in [1.82, 2.24) is 20.2 Å². The second kappa shape index (κ2) is 8.68. The van der Waals surface area contributed by atoms with Gasteiger partial charge < -0.3 is 26.7 Å². The van der Waals surface area contributed by atoms with Crippen LogP contribution in [0.25, 0.3) is 0 Å². The Morgan fingerprint density at radius 1 is 1.46 bits per heavy atom. The molecule has 0 unspecified atom stereocenters. The molecule has 24 heavy (non-hydrogen) atoms.